The maximum absolute atomic E-state index is 10.7. The van der Waals surface area contributed by atoms with Gasteiger partial charge in [0.2, 0.25) is 0 Å². The van der Waals surface area contributed by atoms with Crippen molar-refractivity contribution >= 4 is 28.5 Å². The third-order valence-corrected chi connectivity index (χ3v) is 1.74. The minimum Gasteiger partial charge on any atom is -0.415 e. The fourth-order valence-corrected chi connectivity index (χ4v) is 0.913. The molecule has 0 saturated heterocycles. The molecule has 68 valence electrons. The van der Waals surface area contributed by atoms with Gasteiger partial charge in [0.15, 0.2) is 0 Å². The van der Waals surface area contributed by atoms with Gasteiger partial charge in [-0.2, -0.15) is 4.68 Å². The molecule has 0 bridgehead atoms. The van der Waals surface area contributed by atoms with Crippen LogP contribution in [0, 0.1) is 0 Å². The Balaban J connectivity index is 2.61. The number of aromatic nitrogens is 1. The molecule has 0 aliphatic carbocycles. The number of nitrogens with zero attached hydrogens (tertiary/aromatic N) is 1. The normalized spacial score (nSPS) is 11.5. The highest BCUT2D eigenvalue weighted by molar-refractivity contribution is 8.07. The first-order chi connectivity index (χ1) is 5.49. The lowest BCUT2D eigenvalue weighted by Crippen LogP contribution is -2.31. The van der Waals surface area contributed by atoms with Crippen molar-refractivity contribution in [3.05, 3.63) is 23.0 Å². The van der Waals surface area contributed by atoms with E-state index in [4.69, 9.17) is 22.5 Å². The lowest BCUT2D eigenvalue weighted by Gasteiger charge is -2.06. The van der Waals surface area contributed by atoms with Gasteiger partial charge in [0.1, 0.15) is 6.26 Å². The van der Waals surface area contributed by atoms with E-state index in [0.717, 1.165) is 10.9 Å². The van der Waals surface area contributed by atoms with E-state index in [0.29, 0.717) is 0 Å². The first-order valence-corrected chi connectivity index (χ1v) is 6.19. The fraction of sp³-hybridized carbons (Fsp3) is 0. The van der Waals surface area contributed by atoms with Crippen molar-refractivity contribution in [1.29, 1.82) is 0 Å². The van der Waals surface area contributed by atoms with E-state index in [-0.39, 0.29) is 0 Å². The van der Waals surface area contributed by atoms with Crippen molar-refractivity contribution in [3.8, 4) is 0 Å². The Morgan fingerprint density at radius 1 is 1.58 bits per heavy atom. The Morgan fingerprint density at radius 2 is 2.25 bits per heavy atom. The van der Waals surface area contributed by atoms with E-state index in [1.165, 1.54) is 6.20 Å². The molecule has 0 amide bonds. The summed E-state index contributed by atoms with van der Waals surface area (Å²) < 4.78 is 15.9. The van der Waals surface area contributed by atoms with Crippen LogP contribution in [0.15, 0.2) is 21.7 Å². The lowest BCUT2D eigenvalue weighted by atomic mass is 11.0. The summed E-state index contributed by atoms with van der Waals surface area (Å²) in [5.41, 5.74) is 2.17. The third-order valence-electron chi connectivity index (χ3n) is 0.876. The maximum atomic E-state index is 10.7. The van der Waals surface area contributed by atoms with Crippen molar-refractivity contribution in [2.24, 2.45) is 0 Å². The Labute approximate surface area is 76.4 Å². The van der Waals surface area contributed by atoms with E-state index in [1.54, 1.807) is 0 Å². The number of hydrogen-bond acceptors (Lipinski definition) is 4. The second kappa shape index (κ2) is 3.53. The summed E-state index contributed by atoms with van der Waals surface area (Å²) in [6.45, 7) is 0. The molecule has 0 aliphatic rings. The van der Waals surface area contributed by atoms with E-state index < -0.39 is 11.8 Å². The summed E-state index contributed by atoms with van der Waals surface area (Å²) in [5, 5.41) is 2.00. The molecule has 9 heteroatoms. The van der Waals surface area contributed by atoms with E-state index in [9.17, 15) is 9.36 Å². The van der Waals surface area contributed by atoms with Gasteiger partial charge < -0.3 is 4.42 Å². The van der Waals surface area contributed by atoms with Crippen LogP contribution in [-0.2, 0) is 4.57 Å². The second-order valence-corrected chi connectivity index (χ2v) is 6.25. The van der Waals surface area contributed by atoms with Crippen LogP contribution in [0.4, 0.5) is 0 Å². The summed E-state index contributed by atoms with van der Waals surface area (Å²) in [4.78, 5) is 10.7. The predicted molar refractivity (Wildman–Crippen MR) is 44.8 cm³/mol. The van der Waals surface area contributed by atoms with Crippen LogP contribution in [0.5, 0.6) is 0 Å². The first kappa shape index (κ1) is 9.67. The average molecular weight is 232 g/mol. The molecule has 0 unspecified atom stereocenters. The SMILES string of the molecule is O=c1occn1NNP(=O)(Cl)Cl. The smallest absolute Gasteiger partial charge is 0.415 e. The number of halogens is 2. The largest absolute Gasteiger partial charge is 0.438 e. The van der Waals surface area contributed by atoms with Gasteiger partial charge in [-0.3, -0.25) is 4.57 Å². The minimum atomic E-state index is -3.44. The molecule has 0 aliphatic heterocycles. The Hall–Kier alpha value is -0.420. The molecule has 0 fully saturated rings. The van der Waals surface area contributed by atoms with Gasteiger partial charge in [-0.05, 0) is 22.5 Å². The second-order valence-electron chi connectivity index (χ2n) is 1.72. The van der Waals surface area contributed by atoms with Crippen LogP contribution < -0.4 is 16.5 Å². The quantitative estimate of drug-likeness (QED) is 0.602. The summed E-state index contributed by atoms with van der Waals surface area (Å²) in [6.07, 6.45) is 2.41. The van der Waals surface area contributed by atoms with Gasteiger partial charge in [0.25, 0.3) is 0 Å². The fourth-order valence-electron chi connectivity index (χ4n) is 0.462. The highest BCUT2D eigenvalue weighted by atomic mass is 35.9. The van der Waals surface area contributed by atoms with Crippen molar-refractivity contribution in [2.45, 2.75) is 0 Å². The van der Waals surface area contributed by atoms with Crippen LogP contribution in [0.1, 0.15) is 0 Å². The van der Waals surface area contributed by atoms with Crippen LogP contribution in [0.2, 0.25) is 0 Å². The number of hydrazine groups is 1. The first-order valence-electron chi connectivity index (χ1n) is 2.68. The molecule has 1 aromatic heterocycles. The summed E-state index contributed by atoms with van der Waals surface area (Å²) in [6, 6.07) is 0. The molecule has 0 saturated carbocycles. The Kier molecular flexibility index (Phi) is 2.85. The summed E-state index contributed by atoms with van der Waals surface area (Å²) >= 11 is 10.2. The molecule has 0 spiro atoms. The molecular formula is C3H4Cl2N3O3P. The molecule has 12 heavy (non-hydrogen) atoms. The minimum absolute atomic E-state index is 0.677. The molecule has 0 atom stereocenters. The van der Waals surface area contributed by atoms with Crippen LogP contribution >= 0.6 is 28.5 Å². The summed E-state index contributed by atoms with van der Waals surface area (Å²) in [7, 11) is 0. The zero-order valence-corrected chi connectivity index (χ0v) is 7.94. The molecule has 0 aromatic carbocycles. The highest BCUT2D eigenvalue weighted by Crippen LogP contribution is 2.51. The van der Waals surface area contributed by atoms with Gasteiger partial charge in [0.05, 0.1) is 6.20 Å². The van der Waals surface area contributed by atoms with Gasteiger partial charge in [-0.15, -0.1) is 5.20 Å². The van der Waals surface area contributed by atoms with Crippen LogP contribution in [0.25, 0.3) is 0 Å². The number of nitrogens with one attached hydrogen (secondary N) is 2. The van der Waals surface area contributed by atoms with Crippen LogP contribution in [-0.4, -0.2) is 4.68 Å². The third kappa shape index (κ3) is 2.91. The van der Waals surface area contributed by atoms with Crippen molar-refractivity contribution in [3.63, 3.8) is 0 Å². The van der Waals surface area contributed by atoms with Gasteiger partial charge in [-0.1, -0.05) is 0 Å². The van der Waals surface area contributed by atoms with Crippen molar-refractivity contribution in [2.75, 3.05) is 5.53 Å². The number of oxazole rings is 1. The lowest BCUT2D eigenvalue weighted by molar-refractivity contribution is 0.492. The van der Waals surface area contributed by atoms with Crippen molar-refractivity contribution in [1.82, 2.24) is 9.87 Å². The number of rotatable bonds is 3. The maximum Gasteiger partial charge on any atom is 0.438 e. The zero-order chi connectivity index (χ0) is 9.19. The van der Waals surface area contributed by atoms with E-state index in [1.807, 2.05) is 5.20 Å². The molecule has 1 heterocycles. The topological polar surface area (TPSA) is 76.3 Å². The molecule has 2 N–H and O–H groups in total. The Bertz CT molecular complexity index is 354. The highest BCUT2D eigenvalue weighted by Gasteiger charge is 2.12. The average Bonchev–Trinajstić information content (AvgIpc) is 2.29. The van der Waals surface area contributed by atoms with Gasteiger partial charge in [-0.25, -0.2) is 10.3 Å². The van der Waals surface area contributed by atoms with Crippen LogP contribution in [0.3, 0.4) is 0 Å². The van der Waals surface area contributed by atoms with Gasteiger partial charge >= 0.3 is 11.8 Å². The Morgan fingerprint density at radius 3 is 2.67 bits per heavy atom. The molecule has 1 rings (SSSR count). The van der Waals surface area contributed by atoms with E-state index >= 15 is 0 Å². The van der Waals surface area contributed by atoms with Gasteiger partial charge in [0, 0.05) is 0 Å². The molecule has 1 aromatic rings. The summed E-state index contributed by atoms with van der Waals surface area (Å²) in [5.74, 6) is -4.12. The number of hydrogen-bond donors (Lipinski definition) is 2. The van der Waals surface area contributed by atoms with E-state index in [2.05, 4.69) is 9.95 Å². The standard InChI is InChI=1S/C3H4Cl2N3O3P/c4-12(5,10)7-6-8-1-2-11-3(8)9/h1-2,6H,(H,7,10). The monoisotopic (exact) mass is 231 g/mol. The molecule has 0 radical (unpaired) electrons. The predicted octanol–water partition coefficient (Wildman–Crippen LogP) is 1.08. The van der Waals surface area contributed by atoms with Crippen molar-refractivity contribution < 1.29 is 8.98 Å². The molecule has 6 nitrogen and oxygen atoms in total. The molecular weight excluding hydrogens is 228 g/mol. The zero-order valence-electron chi connectivity index (χ0n) is 5.53.